The van der Waals surface area contributed by atoms with Gasteiger partial charge in [-0.15, -0.1) is 0 Å². The van der Waals surface area contributed by atoms with Crippen molar-refractivity contribution in [2.45, 2.75) is 19.4 Å². The lowest BCUT2D eigenvalue weighted by atomic mass is 10.2. The van der Waals surface area contributed by atoms with E-state index in [0.717, 1.165) is 24.3 Å². The molecule has 0 aliphatic carbocycles. The van der Waals surface area contributed by atoms with Crippen LogP contribution in [-0.4, -0.2) is 47.1 Å². The van der Waals surface area contributed by atoms with E-state index >= 15 is 0 Å². The summed E-state index contributed by atoms with van der Waals surface area (Å²) in [5.74, 6) is -1.39. The number of carbonyl (C=O) groups is 2. The molecule has 2 amide bonds. The number of amides is 2. The van der Waals surface area contributed by atoms with Gasteiger partial charge in [0.2, 0.25) is 0 Å². The fourth-order valence-corrected chi connectivity index (χ4v) is 2.68. The molecule has 0 radical (unpaired) electrons. The van der Waals surface area contributed by atoms with Crippen molar-refractivity contribution in [1.82, 2.24) is 4.90 Å². The number of halogens is 1. The molecule has 1 aromatic carbocycles. The predicted octanol–water partition coefficient (Wildman–Crippen LogP) is 3.13. The number of carbonyl (C=O) groups excluding carboxylic acids is 1. The quantitative estimate of drug-likeness (QED) is 0.846. The van der Waals surface area contributed by atoms with E-state index < -0.39 is 17.3 Å². The third-order valence-electron chi connectivity index (χ3n) is 3.15. The van der Waals surface area contributed by atoms with Gasteiger partial charge in [0.15, 0.2) is 0 Å². The maximum Gasteiger partial charge on any atom is 0.338 e. The van der Waals surface area contributed by atoms with Crippen molar-refractivity contribution in [2.75, 3.05) is 24.4 Å². The van der Waals surface area contributed by atoms with Crippen molar-refractivity contribution in [3.8, 4) is 0 Å². The topological polar surface area (TPSA) is 69.6 Å². The molecule has 1 atom stereocenters. The molecule has 0 aliphatic heterocycles. The van der Waals surface area contributed by atoms with E-state index in [1.54, 1.807) is 23.7 Å². The number of benzene rings is 1. The van der Waals surface area contributed by atoms with Crippen LogP contribution in [0.1, 0.15) is 23.7 Å². The second-order valence-corrected chi connectivity index (χ2v) is 5.47. The van der Waals surface area contributed by atoms with Crippen LogP contribution in [0.2, 0.25) is 0 Å². The molecule has 0 bridgehead atoms. The zero-order valence-corrected chi connectivity index (χ0v) is 13.0. The molecule has 21 heavy (non-hydrogen) atoms. The van der Waals surface area contributed by atoms with E-state index in [0.29, 0.717) is 0 Å². The Bertz CT molecular complexity index is 525. The maximum atomic E-state index is 13.3. The number of urea groups is 1. The number of carboxylic acids is 1. The van der Waals surface area contributed by atoms with Crippen LogP contribution in [0.4, 0.5) is 14.9 Å². The first-order chi connectivity index (χ1) is 9.90. The Balaban J connectivity index is 2.83. The average molecular weight is 314 g/mol. The molecule has 1 aromatic rings. The van der Waals surface area contributed by atoms with Gasteiger partial charge >= 0.3 is 12.0 Å². The summed E-state index contributed by atoms with van der Waals surface area (Å²) < 4.78 is 13.3. The Morgan fingerprint density at radius 3 is 2.67 bits per heavy atom. The van der Waals surface area contributed by atoms with Crippen LogP contribution < -0.4 is 5.32 Å². The second kappa shape index (κ2) is 7.87. The second-order valence-electron chi connectivity index (χ2n) is 4.56. The van der Waals surface area contributed by atoms with Crippen molar-refractivity contribution in [3.63, 3.8) is 0 Å². The summed E-state index contributed by atoms with van der Waals surface area (Å²) in [6, 6.07) is 3.21. The molecule has 0 aliphatic rings. The van der Waals surface area contributed by atoms with Crippen LogP contribution in [0, 0.1) is 5.82 Å². The first-order valence-electron chi connectivity index (χ1n) is 6.46. The minimum absolute atomic E-state index is 0.0828. The van der Waals surface area contributed by atoms with Gasteiger partial charge in [-0.05, 0) is 30.9 Å². The number of thioether (sulfide) groups is 1. The molecule has 5 nitrogen and oxygen atoms in total. The third kappa shape index (κ3) is 4.63. The normalized spacial score (nSPS) is 11.8. The first kappa shape index (κ1) is 17.3. The molecule has 7 heteroatoms. The molecule has 0 fully saturated rings. The van der Waals surface area contributed by atoms with Gasteiger partial charge in [0, 0.05) is 24.5 Å². The minimum Gasteiger partial charge on any atom is -0.478 e. The van der Waals surface area contributed by atoms with E-state index in [9.17, 15) is 14.0 Å². The molecule has 2 N–H and O–H groups in total. The first-order valence-corrected chi connectivity index (χ1v) is 7.85. The standard InChI is InChI=1S/C14H19FN2O3S/c1-4-10(8-21-3)17(2)14(20)16-9-5-6-12(15)11(7-9)13(18)19/h5-7,10H,4,8H2,1-3H3,(H,16,20)(H,18,19). The molecule has 0 saturated heterocycles. The molecule has 1 unspecified atom stereocenters. The highest BCUT2D eigenvalue weighted by Crippen LogP contribution is 2.16. The molecule has 1 rings (SSSR count). The van der Waals surface area contributed by atoms with Crippen LogP contribution in [0.3, 0.4) is 0 Å². The number of nitrogens with one attached hydrogen (secondary N) is 1. The van der Waals surface area contributed by atoms with E-state index in [2.05, 4.69) is 5.32 Å². The van der Waals surface area contributed by atoms with Gasteiger partial charge in [-0.25, -0.2) is 14.0 Å². The molecule has 0 saturated carbocycles. The van der Waals surface area contributed by atoms with E-state index in [1.165, 1.54) is 6.07 Å². The lowest BCUT2D eigenvalue weighted by Crippen LogP contribution is -2.41. The van der Waals surface area contributed by atoms with Crippen LogP contribution in [0.25, 0.3) is 0 Å². The third-order valence-corrected chi connectivity index (χ3v) is 3.86. The zero-order valence-electron chi connectivity index (χ0n) is 12.2. The van der Waals surface area contributed by atoms with Crippen molar-refractivity contribution in [2.24, 2.45) is 0 Å². The molecule has 0 spiro atoms. The van der Waals surface area contributed by atoms with Crippen molar-refractivity contribution >= 4 is 29.4 Å². The fraction of sp³-hybridized carbons (Fsp3) is 0.429. The van der Waals surface area contributed by atoms with E-state index in [-0.39, 0.29) is 17.8 Å². The summed E-state index contributed by atoms with van der Waals surface area (Å²) in [5.41, 5.74) is -0.212. The highest BCUT2D eigenvalue weighted by atomic mass is 32.2. The molecule has 0 heterocycles. The Morgan fingerprint density at radius 1 is 1.48 bits per heavy atom. The summed E-state index contributed by atoms with van der Waals surface area (Å²) >= 11 is 1.65. The van der Waals surface area contributed by atoms with Gasteiger partial charge in [-0.1, -0.05) is 6.92 Å². The summed E-state index contributed by atoms with van der Waals surface area (Å²) in [7, 11) is 1.68. The number of anilines is 1. The molecule has 0 aromatic heterocycles. The summed E-state index contributed by atoms with van der Waals surface area (Å²) in [6.07, 6.45) is 2.78. The molecular weight excluding hydrogens is 295 g/mol. The predicted molar refractivity (Wildman–Crippen MR) is 82.6 cm³/mol. The highest BCUT2D eigenvalue weighted by Gasteiger charge is 2.19. The maximum absolute atomic E-state index is 13.3. The summed E-state index contributed by atoms with van der Waals surface area (Å²) in [5, 5.41) is 11.4. The monoisotopic (exact) mass is 314 g/mol. The summed E-state index contributed by atoms with van der Waals surface area (Å²) in [6.45, 7) is 1.99. The van der Waals surface area contributed by atoms with Gasteiger partial charge in [0.1, 0.15) is 5.82 Å². The lowest BCUT2D eigenvalue weighted by Gasteiger charge is -2.27. The zero-order chi connectivity index (χ0) is 16.0. The van der Waals surface area contributed by atoms with Crippen molar-refractivity contribution < 1.29 is 19.1 Å². The number of aromatic carboxylic acids is 1. The van der Waals surface area contributed by atoms with Gasteiger partial charge in [0.05, 0.1) is 5.56 Å². The average Bonchev–Trinajstić information content (AvgIpc) is 2.45. The largest absolute Gasteiger partial charge is 0.478 e. The number of nitrogens with zero attached hydrogens (tertiary/aromatic N) is 1. The van der Waals surface area contributed by atoms with E-state index in [4.69, 9.17) is 5.11 Å². The van der Waals surface area contributed by atoms with Gasteiger partial charge in [-0.3, -0.25) is 0 Å². The fourth-order valence-electron chi connectivity index (χ4n) is 1.84. The Labute approximate surface area is 127 Å². The molecular formula is C14H19FN2O3S. The Morgan fingerprint density at radius 2 is 2.14 bits per heavy atom. The van der Waals surface area contributed by atoms with Crippen molar-refractivity contribution in [3.05, 3.63) is 29.6 Å². The van der Waals surface area contributed by atoms with Gasteiger partial charge < -0.3 is 15.3 Å². The number of hydrogen-bond donors (Lipinski definition) is 2. The van der Waals surface area contributed by atoms with Crippen LogP contribution >= 0.6 is 11.8 Å². The SMILES string of the molecule is CCC(CSC)N(C)C(=O)Nc1ccc(F)c(C(=O)O)c1. The van der Waals surface area contributed by atoms with Gasteiger partial charge in [0.25, 0.3) is 0 Å². The van der Waals surface area contributed by atoms with Crippen LogP contribution in [-0.2, 0) is 0 Å². The Kier molecular flexibility index (Phi) is 6.48. The Hall–Kier alpha value is -1.76. The minimum atomic E-state index is -1.37. The molecule has 116 valence electrons. The lowest BCUT2D eigenvalue weighted by molar-refractivity contribution is 0.0692. The summed E-state index contributed by atoms with van der Waals surface area (Å²) in [4.78, 5) is 24.6. The van der Waals surface area contributed by atoms with Crippen LogP contribution in [0.5, 0.6) is 0 Å². The van der Waals surface area contributed by atoms with Crippen LogP contribution in [0.15, 0.2) is 18.2 Å². The van der Waals surface area contributed by atoms with Gasteiger partial charge in [-0.2, -0.15) is 11.8 Å². The number of carboxylic acid groups (broad SMARTS) is 1. The van der Waals surface area contributed by atoms with E-state index in [1.807, 2.05) is 13.2 Å². The number of rotatable bonds is 6. The number of hydrogen-bond acceptors (Lipinski definition) is 3. The van der Waals surface area contributed by atoms with Crippen molar-refractivity contribution in [1.29, 1.82) is 0 Å². The smallest absolute Gasteiger partial charge is 0.338 e. The highest BCUT2D eigenvalue weighted by molar-refractivity contribution is 7.98.